The Hall–Kier alpha value is -3.61. The van der Waals surface area contributed by atoms with Gasteiger partial charge in [0.15, 0.2) is 0 Å². The predicted molar refractivity (Wildman–Crippen MR) is 122 cm³/mol. The maximum Gasteiger partial charge on any atom is 0.261 e. The normalized spacial score (nSPS) is 14.9. The summed E-state index contributed by atoms with van der Waals surface area (Å²) >= 11 is 0. The van der Waals surface area contributed by atoms with E-state index in [9.17, 15) is 14.4 Å². The van der Waals surface area contributed by atoms with E-state index in [1.807, 2.05) is 32.9 Å². The number of fused-ring (bicyclic) bond motifs is 1. The van der Waals surface area contributed by atoms with Crippen molar-refractivity contribution in [2.75, 3.05) is 18.9 Å². The van der Waals surface area contributed by atoms with E-state index in [2.05, 4.69) is 15.3 Å². The van der Waals surface area contributed by atoms with Crippen molar-refractivity contribution in [2.45, 2.75) is 33.6 Å². The molecule has 0 saturated carbocycles. The van der Waals surface area contributed by atoms with Crippen LogP contribution in [0.5, 0.6) is 0 Å². The number of anilines is 1. The lowest BCUT2D eigenvalue weighted by atomic mass is 9.90. The Balaban J connectivity index is 1.83. The lowest BCUT2D eigenvalue weighted by Gasteiger charge is -2.16. The minimum Gasteiger partial charge on any atom is -0.310 e. The SMILES string of the molecule is C/C=C(\C=NCC)c1ccc(NC(=O)C(C)c2cc(C)cc3c2C(=O)N(C)C3=O)nc1. The third-order valence-corrected chi connectivity index (χ3v) is 5.30. The Kier molecular flexibility index (Phi) is 6.44. The zero-order valence-corrected chi connectivity index (χ0v) is 18.4. The molecule has 3 amide bonds. The summed E-state index contributed by atoms with van der Waals surface area (Å²) in [6, 6.07) is 7.07. The third kappa shape index (κ3) is 4.30. The van der Waals surface area contributed by atoms with Gasteiger partial charge >= 0.3 is 0 Å². The van der Waals surface area contributed by atoms with Crippen LogP contribution in [0.4, 0.5) is 5.82 Å². The quantitative estimate of drug-likeness (QED) is 0.570. The highest BCUT2D eigenvalue weighted by Gasteiger charge is 2.37. The monoisotopic (exact) mass is 418 g/mol. The van der Waals surface area contributed by atoms with Gasteiger partial charge in [-0.05, 0) is 62.6 Å². The summed E-state index contributed by atoms with van der Waals surface area (Å²) in [5.74, 6) is -1.26. The Morgan fingerprint density at radius 2 is 2.00 bits per heavy atom. The summed E-state index contributed by atoms with van der Waals surface area (Å²) in [7, 11) is 1.45. The number of carbonyl (C=O) groups excluding carboxylic acids is 3. The maximum absolute atomic E-state index is 12.9. The molecule has 160 valence electrons. The maximum atomic E-state index is 12.9. The average Bonchev–Trinajstić information content (AvgIpc) is 2.98. The van der Waals surface area contributed by atoms with Crippen molar-refractivity contribution in [1.29, 1.82) is 0 Å². The molecule has 3 rings (SSSR count). The highest BCUT2D eigenvalue weighted by atomic mass is 16.2. The van der Waals surface area contributed by atoms with Gasteiger partial charge in [-0.1, -0.05) is 12.1 Å². The van der Waals surface area contributed by atoms with Crippen LogP contribution in [0.15, 0.2) is 41.5 Å². The molecule has 2 aromatic rings. The van der Waals surface area contributed by atoms with Gasteiger partial charge in [0.1, 0.15) is 5.82 Å². The van der Waals surface area contributed by atoms with Gasteiger partial charge in [-0.3, -0.25) is 24.3 Å². The van der Waals surface area contributed by atoms with Gasteiger partial charge in [0, 0.05) is 31.6 Å². The first-order valence-electron chi connectivity index (χ1n) is 10.2. The summed E-state index contributed by atoms with van der Waals surface area (Å²) < 4.78 is 0. The zero-order chi connectivity index (χ0) is 22.7. The zero-order valence-electron chi connectivity index (χ0n) is 18.4. The van der Waals surface area contributed by atoms with Crippen molar-refractivity contribution < 1.29 is 14.4 Å². The van der Waals surface area contributed by atoms with Crippen LogP contribution >= 0.6 is 0 Å². The molecule has 7 heteroatoms. The van der Waals surface area contributed by atoms with Crippen molar-refractivity contribution in [3.05, 3.63) is 64.4 Å². The molecule has 0 radical (unpaired) electrons. The predicted octanol–water partition coefficient (Wildman–Crippen LogP) is 3.85. The second-order valence-electron chi connectivity index (χ2n) is 7.46. The molecule has 1 aliphatic heterocycles. The first-order chi connectivity index (χ1) is 14.8. The smallest absolute Gasteiger partial charge is 0.261 e. The highest BCUT2D eigenvalue weighted by molar-refractivity contribution is 6.22. The summed E-state index contributed by atoms with van der Waals surface area (Å²) in [5.41, 5.74) is 3.85. The summed E-state index contributed by atoms with van der Waals surface area (Å²) in [5, 5.41) is 2.80. The number of imide groups is 1. The van der Waals surface area contributed by atoms with Crippen LogP contribution in [0.1, 0.15) is 64.1 Å². The molecule has 0 saturated heterocycles. The molecule has 0 bridgehead atoms. The molecule has 1 N–H and O–H groups in total. The number of allylic oxidation sites excluding steroid dienone is 2. The van der Waals surface area contributed by atoms with Gasteiger partial charge in [0.05, 0.1) is 17.0 Å². The Labute approximate surface area is 181 Å². The minimum atomic E-state index is -0.638. The van der Waals surface area contributed by atoms with Gasteiger partial charge in [-0.15, -0.1) is 0 Å². The molecule has 0 fully saturated rings. The number of pyridine rings is 1. The van der Waals surface area contributed by atoms with Crippen molar-refractivity contribution in [3.8, 4) is 0 Å². The number of benzene rings is 1. The molecule has 1 atom stereocenters. The van der Waals surface area contributed by atoms with Gasteiger partial charge in [0.25, 0.3) is 11.8 Å². The molecule has 1 unspecified atom stereocenters. The van der Waals surface area contributed by atoms with E-state index in [1.54, 1.807) is 37.5 Å². The molecule has 2 heterocycles. The fourth-order valence-electron chi connectivity index (χ4n) is 3.52. The Morgan fingerprint density at radius 1 is 1.26 bits per heavy atom. The first-order valence-corrected chi connectivity index (χ1v) is 10.2. The van der Waals surface area contributed by atoms with E-state index in [4.69, 9.17) is 0 Å². The molecular weight excluding hydrogens is 392 g/mol. The van der Waals surface area contributed by atoms with Crippen molar-refractivity contribution in [1.82, 2.24) is 9.88 Å². The summed E-state index contributed by atoms with van der Waals surface area (Å²) in [4.78, 5) is 47.5. The third-order valence-electron chi connectivity index (χ3n) is 5.30. The van der Waals surface area contributed by atoms with E-state index >= 15 is 0 Å². The fraction of sp³-hybridized carbons (Fsp3) is 0.292. The topological polar surface area (TPSA) is 91.7 Å². The van der Waals surface area contributed by atoms with Crippen LogP contribution in [0.3, 0.4) is 0 Å². The van der Waals surface area contributed by atoms with Gasteiger partial charge in [-0.25, -0.2) is 4.98 Å². The van der Waals surface area contributed by atoms with E-state index in [0.29, 0.717) is 29.1 Å². The van der Waals surface area contributed by atoms with Crippen LogP contribution in [0.2, 0.25) is 0 Å². The molecular formula is C24H26N4O3. The molecule has 1 aromatic heterocycles. The lowest BCUT2D eigenvalue weighted by Crippen LogP contribution is -2.25. The van der Waals surface area contributed by atoms with Crippen LogP contribution < -0.4 is 5.32 Å². The number of aliphatic imine (C=N–C) groups is 1. The number of nitrogens with zero attached hydrogens (tertiary/aromatic N) is 3. The number of hydrogen-bond acceptors (Lipinski definition) is 5. The number of carbonyl (C=O) groups is 3. The van der Waals surface area contributed by atoms with Gasteiger partial charge < -0.3 is 5.32 Å². The number of aryl methyl sites for hydroxylation is 1. The fourth-order valence-corrected chi connectivity index (χ4v) is 3.52. The highest BCUT2D eigenvalue weighted by Crippen LogP contribution is 2.31. The number of aromatic nitrogens is 1. The van der Waals surface area contributed by atoms with Crippen LogP contribution in [0, 0.1) is 6.92 Å². The summed E-state index contributed by atoms with van der Waals surface area (Å²) in [6.45, 7) is 8.15. The number of hydrogen-bond donors (Lipinski definition) is 1. The molecule has 0 spiro atoms. The molecule has 1 aromatic carbocycles. The van der Waals surface area contributed by atoms with Gasteiger partial charge in [-0.2, -0.15) is 0 Å². The largest absolute Gasteiger partial charge is 0.310 e. The van der Waals surface area contributed by atoms with E-state index in [0.717, 1.165) is 21.6 Å². The number of nitrogens with one attached hydrogen (secondary N) is 1. The van der Waals surface area contributed by atoms with Crippen LogP contribution in [-0.4, -0.2) is 47.4 Å². The molecule has 1 aliphatic rings. The van der Waals surface area contributed by atoms with Crippen molar-refractivity contribution >= 4 is 35.3 Å². The average molecular weight is 418 g/mol. The van der Waals surface area contributed by atoms with Crippen molar-refractivity contribution in [3.63, 3.8) is 0 Å². The van der Waals surface area contributed by atoms with Crippen LogP contribution in [0.25, 0.3) is 5.57 Å². The number of amides is 3. The molecule has 31 heavy (non-hydrogen) atoms. The second kappa shape index (κ2) is 9.04. The standard InChI is InChI=1S/C24H26N4O3/c1-6-16(12-25-7-2)17-8-9-20(26-13-17)27-22(29)15(4)18-10-14(3)11-19-21(18)24(31)28(5)23(19)30/h6,8-13,15H,7H2,1-5H3,(H,26,27,29)/b16-6+,25-12?. The first kappa shape index (κ1) is 22.1. The minimum absolute atomic E-state index is 0.303. The number of rotatable bonds is 6. The lowest BCUT2D eigenvalue weighted by molar-refractivity contribution is -0.117. The van der Waals surface area contributed by atoms with Gasteiger partial charge in [0.2, 0.25) is 5.91 Å². The second-order valence-corrected chi connectivity index (χ2v) is 7.46. The summed E-state index contributed by atoms with van der Waals surface area (Å²) in [6.07, 6.45) is 5.42. The van der Waals surface area contributed by atoms with E-state index in [-0.39, 0.29) is 17.7 Å². The molecule has 7 nitrogen and oxygen atoms in total. The van der Waals surface area contributed by atoms with E-state index < -0.39 is 5.92 Å². The van der Waals surface area contributed by atoms with E-state index in [1.165, 1.54) is 7.05 Å². The molecule has 0 aliphatic carbocycles. The Morgan fingerprint density at radius 3 is 2.61 bits per heavy atom. The van der Waals surface area contributed by atoms with Crippen molar-refractivity contribution in [2.24, 2.45) is 4.99 Å². The Bertz CT molecular complexity index is 1100. The van der Waals surface area contributed by atoms with Crippen LogP contribution in [-0.2, 0) is 4.79 Å².